The molecule has 1 saturated heterocycles. The van der Waals surface area contributed by atoms with E-state index in [9.17, 15) is 4.79 Å². The molecular weight excluding hydrogens is 426 g/mol. The van der Waals surface area contributed by atoms with E-state index in [4.69, 9.17) is 16.3 Å². The predicted octanol–water partition coefficient (Wildman–Crippen LogP) is 3.22. The molecule has 1 aliphatic heterocycles. The lowest BCUT2D eigenvalue weighted by Crippen LogP contribution is -2.49. The van der Waals surface area contributed by atoms with Gasteiger partial charge in [-0.05, 0) is 35.9 Å². The van der Waals surface area contributed by atoms with Gasteiger partial charge in [0, 0.05) is 43.8 Å². The molecule has 1 fully saturated rings. The monoisotopic (exact) mass is 451 g/mol. The van der Waals surface area contributed by atoms with Crippen LogP contribution in [0.1, 0.15) is 11.3 Å². The number of hydrogen-bond donors (Lipinski definition) is 0. The number of aromatic nitrogens is 3. The van der Waals surface area contributed by atoms with Gasteiger partial charge in [0.25, 0.3) is 0 Å². The molecule has 3 aromatic rings. The molecule has 0 spiro atoms. The number of carbonyl (C=O) groups excluding carboxylic acids is 1. The molecule has 1 amide bonds. The van der Waals surface area contributed by atoms with Crippen LogP contribution in [0.25, 0.3) is 6.08 Å². The van der Waals surface area contributed by atoms with Gasteiger partial charge in [0.1, 0.15) is 18.1 Å². The van der Waals surface area contributed by atoms with Gasteiger partial charge in [-0.2, -0.15) is 0 Å². The molecule has 7 nitrogen and oxygen atoms in total. The van der Waals surface area contributed by atoms with Gasteiger partial charge in [-0.25, -0.2) is 4.68 Å². The fourth-order valence-corrected chi connectivity index (χ4v) is 3.64. The Bertz CT molecular complexity index is 1030. The number of hydrogen-bond acceptors (Lipinski definition) is 5. The Balaban J connectivity index is 1.18. The van der Waals surface area contributed by atoms with Crippen molar-refractivity contribution in [2.75, 3.05) is 39.3 Å². The molecular formula is C24H26ClN5O2. The second kappa shape index (κ2) is 10.9. The molecule has 1 aromatic heterocycles. The van der Waals surface area contributed by atoms with Crippen molar-refractivity contribution in [1.29, 1.82) is 0 Å². The largest absolute Gasteiger partial charge is 0.492 e. The Kier molecular flexibility index (Phi) is 7.53. The number of nitrogens with zero attached hydrogens (tertiary/aromatic N) is 5. The van der Waals surface area contributed by atoms with E-state index in [0.717, 1.165) is 30.9 Å². The minimum Gasteiger partial charge on any atom is -0.492 e. The SMILES string of the molecule is O=C(/C=C/c1cn(Cc2ccccc2)nn1)N1CCN(CCOc2ccc(Cl)cc2)CC1. The lowest BCUT2D eigenvalue weighted by Gasteiger charge is -2.34. The quantitative estimate of drug-likeness (QED) is 0.492. The smallest absolute Gasteiger partial charge is 0.246 e. The van der Waals surface area contributed by atoms with Crippen molar-refractivity contribution >= 4 is 23.6 Å². The lowest BCUT2D eigenvalue weighted by molar-refractivity contribution is -0.127. The third kappa shape index (κ3) is 6.42. The van der Waals surface area contributed by atoms with E-state index in [2.05, 4.69) is 15.2 Å². The molecule has 0 bridgehead atoms. The molecule has 2 aromatic carbocycles. The molecule has 0 N–H and O–H groups in total. The molecule has 2 heterocycles. The average Bonchev–Trinajstić information content (AvgIpc) is 3.27. The first-order chi connectivity index (χ1) is 15.7. The maximum absolute atomic E-state index is 12.5. The van der Waals surface area contributed by atoms with Crippen LogP contribution in [0.5, 0.6) is 5.75 Å². The molecule has 0 radical (unpaired) electrons. The van der Waals surface area contributed by atoms with Gasteiger partial charge in [-0.1, -0.05) is 47.1 Å². The van der Waals surface area contributed by atoms with Crippen molar-refractivity contribution in [3.8, 4) is 5.75 Å². The standard InChI is InChI=1S/C24H26ClN5O2/c25-21-6-9-23(10-7-21)32-17-16-28-12-14-29(15-13-28)24(31)11-8-22-19-30(27-26-22)18-20-4-2-1-3-5-20/h1-11,19H,12-18H2/b11-8+. The second-order valence-electron chi connectivity index (χ2n) is 7.63. The topological polar surface area (TPSA) is 63.5 Å². The highest BCUT2D eigenvalue weighted by molar-refractivity contribution is 6.30. The number of ether oxygens (including phenoxy) is 1. The van der Waals surface area contributed by atoms with Gasteiger partial charge < -0.3 is 9.64 Å². The van der Waals surface area contributed by atoms with E-state index in [1.54, 1.807) is 16.8 Å². The average molecular weight is 452 g/mol. The van der Waals surface area contributed by atoms with Crippen molar-refractivity contribution < 1.29 is 9.53 Å². The van der Waals surface area contributed by atoms with E-state index >= 15 is 0 Å². The second-order valence-corrected chi connectivity index (χ2v) is 8.07. The molecule has 8 heteroatoms. The van der Waals surface area contributed by atoms with Crippen molar-refractivity contribution in [2.24, 2.45) is 0 Å². The molecule has 32 heavy (non-hydrogen) atoms. The molecule has 0 aliphatic carbocycles. The number of benzene rings is 2. The van der Waals surface area contributed by atoms with Gasteiger partial charge in [0.2, 0.25) is 5.91 Å². The van der Waals surface area contributed by atoms with Crippen LogP contribution in [0.3, 0.4) is 0 Å². The zero-order chi connectivity index (χ0) is 22.2. The summed E-state index contributed by atoms with van der Waals surface area (Å²) in [6.07, 6.45) is 5.15. The van der Waals surface area contributed by atoms with Crippen LogP contribution >= 0.6 is 11.6 Å². The molecule has 0 unspecified atom stereocenters. The van der Waals surface area contributed by atoms with Crippen molar-refractivity contribution in [1.82, 2.24) is 24.8 Å². The number of carbonyl (C=O) groups is 1. The first-order valence-electron chi connectivity index (χ1n) is 10.7. The summed E-state index contributed by atoms with van der Waals surface area (Å²) in [5, 5.41) is 8.96. The Hall–Kier alpha value is -3.16. The van der Waals surface area contributed by atoms with E-state index in [-0.39, 0.29) is 5.91 Å². The molecule has 166 valence electrons. The Labute approximate surface area is 192 Å². The minimum absolute atomic E-state index is 0.000302. The minimum atomic E-state index is -0.000302. The van der Waals surface area contributed by atoms with Gasteiger partial charge >= 0.3 is 0 Å². The maximum Gasteiger partial charge on any atom is 0.246 e. The number of piperazine rings is 1. The number of rotatable bonds is 8. The zero-order valence-corrected chi connectivity index (χ0v) is 18.6. The van der Waals surface area contributed by atoms with Crippen LogP contribution in [0.4, 0.5) is 0 Å². The van der Waals surface area contributed by atoms with Crippen LogP contribution in [0.2, 0.25) is 5.02 Å². The Morgan fingerprint density at radius 3 is 2.53 bits per heavy atom. The van der Waals surface area contributed by atoms with E-state index in [1.807, 2.05) is 65.7 Å². The summed E-state index contributed by atoms with van der Waals surface area (Å²) in [5.74, 6) is 0.814. The van der Waals surface area contributed by atoms with Crippen LogP contribution in [-0.2, 0) is 11.3 Å². The van der Waals surface area contributed by atoms with Crippen LogP contribution < -0.4 is 4.74 Å². The number of amides is 1. The lowest BCUT2D eigenvalue weighted by atomic mass is 10.2. The Morgan fingerprint density at radius 2 is 1.78 bits per heavy atom. The predicted molar refractivity (Wildman–Crippen MR) is 125 cm³/mol. The van der Waals surface area contributed by atoms with Crippen LogP contribution in [-0.4, -0.2) is 70.0 Å². The summed E-state index contributed by atoms with van der Waals surface area (Å²) in [5.41, 5.74) is 1.83. The fraction of sp³-hybridized carbons (Fsp3) is 0.292. The van der Waals surface area contributed by atoms with Crippen LogP contribution in [0.15, 0.2) is 66.9 Å². The van der Waals surface area contributed by atoms with Gasteiger partial charge in [0.15, 0.2) is 0 Å². The molecule has 1 aliphatic rings. The highest BCUT2D eigenvalue weighted by Gasteiger charge is 2.19. The third-order valence-corrected chi connectivity index (χ3v) is 5.57. The van der Waals surface area contributed by atoms with Crippen molar-refractivity contribution in [3.05, 3.63) is 83.2 Å². The normalized spacial score (nSPS) is 14.7. The fourth-order valence-electron chi connectivity index (χ4n) is 3.51. The number of halogens is 1. The van der Waals surface area contributed by atoms with Gasteiger partial charge in [0.05, 0.1) is 12.7 Å². The summed E-state index contributed by atoms with van der Waals surface area (Å²) in [4.78, 5) is 16.7. The summed E-state index contributed by atoms with van der Waals surface area (Å²) >= 11 is 5.89. The third-order valence-electron chi connectivity index (χ3n) is 5.31. The zero-order valence-electron chi connectivity index (χ0n) is 17.8. The first-order valence-corrected chi connectivity index (χ1v) is 11.1. The summed E-state index contributed by atoms with van der Waals surface area (Å²) in [6.45, 7) is 5.14. The summed E-state index contributed by atoms with van der Waals surface area (Å²) in [7, 11) is 0. The van der Waals surface area contributed by atoms with Crippen LogP contribution in [0, 0.1) is 0 Å². The Morgan fingerprint density at radius 1 is 1.03 bits per heavy atom. The van der Waals surface area contributed by atoms with Crippen molar-refractivity contribution in [3.63, 3.8) is 0 Å². The van der Waals surface area contributed by atoms with Gasteiger partial charge in [-0.15, -0.1) is 5.10 Å². The van der Waals surface area contributed by atoms with Gasteiger partial charge in [-0.3, -0.25) is 9.69 Å². The maximum atomic E-state index is 12.5. The molecule has 0 atom stereocenters. The van der Waals surface area contributed by atoms with E-state index < -0.39 is 0 Å². The van der Waals surface area contributed by atoms with E-state index in [1.165, 1.54) is 0 Å². The van der Waals surface area contributed by atoms with Crippen molar-refractivity contribution in [2.45, 2.75) is 6.54 Å². The molecule has 0 saturated carbocycles. The van der Waals surface area contributed by atoms with E-state index in [0.29, 0.717) is 37.0 Å². The first kappa shape index (κ1) is 22.0. The highest BCUT2D eigenvalue weighted by Crippen LogP contribution is 2.15. The summed E-state index contributed by atoms with van der Waals surface area (Å²) < 4.78 is 7.53. The highest BCUT2D eigenvalue weighted by atomic mass is 35.5. The summed E-state index contributed by atoms with van der Waals surface area (Å²) in [6, 6.07) is 17.4. The molecule has 4 rings (SSSR count).